The molecular formula is C21H21N3O5. The first-order valence-corrected chi connectivity index (χ1v) is 9.42. The topological polar surface area (TPSA) is 93.8 Å². The maximum atomic E-state index is 12.8. The average molecular weight is 395 g/mol. The van der Waals surface area contributed by atoms with E-state index in [1.54, 1.807) is 39.9 Å². The quantitative estimate of drug-likeness (QED) is 0.505. The maximum Gasteiger partial charge on any atom is 0.292 e. The van der Waals surface area contributed by atoms with Gasteiger partial charge in [0, 0.05) is 30.2 Å². The summed E-state index contributed by atoms with van der Waals surface area (Å²) in [6.07, 6.45) is 3.08. The molecule has 1 saturated heterocycles. The molecule has 1 fully saturated rings. The Morgan fingerprint density at radius 3 is 2.59 bits per heavy atom. The van der Waals surface area contributed by atoms with Gasteiger partial charge < -0.3 is 23.9 Å². The van der Waals surface area contributed by atoms with Crippen LogP contribution in [-0.4, -0.2) is 53.4 Å². The highest BCUT2D eigenvalue weighted by molar-refractivity contribution is 6.45. The van der Waals surface area contributed by atoms with E-state index in [4.69, 9.17) is 9.15 Å². The number of hydrogen-bond acceptors (Lipinski definition) is 5. The molecule has 3 aromatic rings. The Morgan fingerprint density at radius 2 is 1.83 bits per heavy atom. The number of Topliss-reactive ketones (excluding diaryl/α,β-unsaturated/α-hetero) is 1. The number of nitrogens with one attached hydrogen (secondary N) is 1. The summed E-state index contributed by atoms with van der Waals surface area (Å²) in [6, 6.07) is 10.7. The molecule has 29 heavy (non-hydrogen) atoms. The third kappa shape index (κ3) is 4.07. The van der Waals surface area contributed by atoms with Gasteiger partial charge in [-0.1, -0.05) is 18.2 Å². The molecule has 2 amide bonds. The molecule has 1 aromatic carbocycles. The molecule has 2 aromatic heterocycles. The molecule has 150 valence electrons. The summed E-state index contributed by atoms with van der Waals surface area (Å²) >= 11 is 0. The second-order valence-electron chi connectivity index (χ2n) is 6.77. The number of fused-ring (bicyclic) bond motifs is 1. The van der Waals surface area contributed by atoms with Crippen molar-refractivity contribution in [3.63, 3.8) is 0 Å². The highest BCUT2D eigenvalue weighted by Crippen LogP contribution is 2.22. The van der Waals surface area contributed by atoms with Crippen LogP contribution >= 0.6 is 0 Å². The third-order valence-corrected chi connectivity index (χ3v) is 4.91. The Bertz CT molecular complexity index is 1030. The Morgan fingerprint density at radius 1 is 1.03 bits per heavy atom. The molecule has 1 aliphatic rings. The van der Waals surface area contributed by atoms with Crippen molar-refractivity contribution < 1.29 is 23.5 Å². The van der Waals surface area contributed by atoms with Gasteiger partial charge in [0.25, 0.3) is 11.7 Å². The van der Waals surface area contributed by atoms with Crippen LogP contribution in [0.3, 0.4) is 0 Å². The first-order valence-electron chi connectivity index (χ1n) is 9.42. The Labute approximate surface area is 167 Å². The van der Waals surface area contributed by atoms with Gasteiger partial charge in [0.15, 0.2) is 0 Å². The van der Waals surface area contributed by atoms with Gasteiger partial charge >= 0.3 is 0 Å². The fourth-order valence-corrected chi connectivity index (χ4v) is 3.40. The predicted octanol–water partition coefficient (Wildman–Crippen LogP) is 1.59. The van der Waals surface area contributed by atoms with Crippen LogP contribution in [0.5, 0.6) is 0 Å². The molecule has 3 heterocycles. The molecule has 0 atom stereocenters. The number of amides is 2. The van der Waals surface area contributed by atoms with E-state index in [-0.39, 0.29) is 24.6 Å². The van der Waals surface area contributed by atoms with E-state index in [0.717, 1.165) is 5.52 Å². The van der Waals surface area contributed by atoms with E-state index >= 15 is 0 Å². The van der Waals surface area contributed by atoms with Gasteiger partial charge in [-0.2, -0.15) is 0 Å². The van der Waals surface area contributed by atoms with Gasteiger partial charge in [-0.3, -0.25) is 14.4 Å². The second kappa shape index (κ2) is 8.32. The van der Waals surface area contributed by atoms with Gasteiger partial charge in [0.2, 0.25) is 5.91 Å². The lowest BCUT2D eigenvalue weighted by atomic mass is 10.1. The molecular weight excluding hydrogens is 374 g/mol. The van der Waals surface area contributed by atoms with Crippen LogP contribution in [-0.2, 0) is 27.4 Å². The number of ether oxygens (including phenoxy) is 1. The number of nitrogens with zero attached hydrogens (tertiary/aromatic N) is 2. The molecule has 0 radical (unpaired) electrons. The number of carbonyl (C=O) groups excluding carboxylic acids is 3. The summed E-state index contributed by atoms with van der Waals surface area (Å²) in [4.78, 5) is 39.5. The zero-order chi connectivity index (χ0) is 20.2. The minimum absolute atomic E-state index is 0.0460. The number of morpholine rings is 1. The zero-order valence-corrected chi connectivity index (χ0v) is 15.8. The van der Waals surface area contributed by atoms with E-state index in [0.29, 0.717) is 37.4 Å². The summed E-state index contributed by atoms with van der Waals surface area (Å²) in [5.41, 5.74) is 1.00. The molecule has 0 unspecified atom stereocenters. The Hall–Kier alpha value is -3.39. The van der Waals surface area contributed by atoms with Crippen LogP contribution in [0.2, 0.25) is 0 Å². The van der Waals surface area contributed by atoms with Crippen LogP contribution in [0.15, 0.2) is 53.3 Å². The minimum Gasteiger partial charge on any atom is -0.467 e. The third-order valence-electron chi connectivity index (χ3n) is 4.91. The fourth-order valence-electron chi connectivity index (χ4n) is 3.40. The van der Waals surface area contributed by atoms with Gasteiger partial charge in [0.05, 0.1) is 31.6 Å². The molecule has 1 aliphatic heterocycles. The monoisotopic (exact) mass is 395 g/mol. The van der Waals surface area contributed by atoms with Crippen molar-refractivity contribution in [1.82, 2.24) is 14.8 Å². The number of ketones is 1. The smallest absolute Gasteiger partial charge is 0.292 e. The van der Waals surface area contributed by atoms with E-state index in [2.05, 4.69) is 5.32 Å². The van der Waals surface area contributed by atoms with Gasteiger partial charge in [0.1, 0.15) is 12.3 Å². The maximum absolute atomic E-state index is 12.8. The summed E-state index contributed by atoms with van der Waals surface area (Å²) < 4.78 is 12.2. The van der Waals surface area contributed by atoms with E-state index in [1.165, 1.54) is 6.26 Å². The largest absolute Gasteiger partial charge is 0.467 e. The summed E-state index contributed by atoms with van der Waals surface area (Å²) in [5, 5.41) is 3.21. The van der Waals surface area contributed by atoms with Gasteiger partial charge in [-0.05, 0) is 18.2 Å². The standard InChI is InChI=1S/C21H21N3O5/c25-19(23-7-10-28-11-8-23)14-24-13-17(16-5-1-2-6-18(16)24)20(26)21(27)22-12-15-4-3-9-29-15/h1-6,9,13H,7-8,10-12,14H2,(H,22,27). The van der Waals surface area contributed by atoms with Gasteiger partial charge in [-0.25, -0.2) is 0 Å². The number of furan rings is 1. The molecule has 0 saturated carbocycles. The number of para-hydroxylation sites is 1. The summed E-state index contributed by atoms with van der Waals surface area (Å²) in [5.74, 6) is -0.853. The average Bonchev–Trinajstić information content (AvgIpc) is 3.40. The molecule has 1 N–H and O–H groups in total. The summed E-state index contributed by atoms with van der Waals surface area (Å²) in [7, 11) is 0. The fraction of sp³-hybridized carbons (Fsp3) is 0.286. The first kappa shape index (κ1) is 18.9. The lowest BCUT2D eigenvalue weighted by Gasteiger charge is -2.27. The van der Waals surface area contributed by atoms with Gasteiger partial charge in [-0.15, -0.1) is 0 Å². The van der Waals surface area contributed by atoms with E-state index < -0.39 is 11.7 Å². The molecule has 0 spiro atoms. The highest BCUT2D eigenvalue weighted by atomic mass is 16.5. The van der Waals surface area contributed by atoms with Crippen molar-refractivity contribution in [2.45, 2.75) is 13.1 Å². The lowest BCUT2D eigenvalue weighted by Crippen LogP contribution is -2.42. The van der Waals surface area contributed by atoms with Crippen LogP contribution in [0.1, 0.15) is 16.1 Å². The number of rotatable bonds is 6. The molecule has 4 rings (SSSR count). The number of benzene rings is 1. The minimum atomic E-state index is -0.719. The Kier molecular flexibility index (Phi) is 5.44. The SMILES string of the molecule is O=C(NCc1ccco1)C(=O)c1cn(CC(=O)N2CCOCC2)c2ccccc12. The number of aromatic nitrogens is 1. The normalized spacial score (nSPS) is 14.1. The van der Waals surface area contributed by atoms with Crippen molar-refractivity contribution in [2.24, 2.45) is 0 Å². The van der Waals surface area contributed by atoms with Crippen molar-refractivity contribution >= 4 is 28.5 Å². The van der Waals surface area contributed by atoms with Crippen molar-refractivity contribution in [3.8, 4) is 0 Å². The number of carbonyl (C=O) groups is 3. The van der Waals surface area contributed by atoms with Crippen LogP contribution < -0.4 is 5.32 Å². The summed E-state index contributed by atoms with van der Waals surface area (Å²) in [6.45, 7) is 2.39. The van der Waals surface area contributed by atoms with Crippen LogP contribution in [0.25, 0.3) is 10.9 Å². The van der Waals surface area contributed by atoms with E-state index in [1.807, 2.05) is 12.1 Å². The zero-order valence-electron chi connectivity index (χ0n) is 15.8. The molecule has 8 heteroatoms. The number of hydrogen-bond donors (Lipinski definition) is 1. The highest BCUT2D eigenvalue weighted by Gasteiger charge is 2.23. The molecule has 8 nitrogen and oxygen atoms in total. The molecule has 0 bridgehead atoms. The lowest BCUT2D eigenvalue weighted by molar-refractivity contribution is -0.135. The predicted molar refractivity (Wildman–Crippen MR) is 104 cm³/mol. The van der Waals surface area contributed by atoms with Crippen LogP contribution in [0.4, 0.5) is 0 Å². The van der Waals surface area contributed by atoms with Crippen LogP contribution in [0, 0.1) is 0 Å². The van der Waals surface area contributed by atoms with E-state index in [9.17, 15) is 14.4 Å². The Balaban J connectivity index is 1.54. The second-order valence-corrected chi connectivity index (χ2v) is 6.77. The van der Waals surface area contributed by atoms with Crippen molar-refractivity contribution in [1.29, 1.82) is 0 Å². The first-order chi connectivity index (χ1) is 14.1. The van der Waals surface area contributed by atoms with Crippen molar-refractivity contribution in [2.75, 3.05) is 26.3 Å². The molecule has 0 aliphatic carbocycles. The van der Waals surface area contributed by atoms with Crippen molar-refractivity contribution in [3.05, 3.63) is 60.2 Å².